The van der Waals surface area contributed by atoms with E-state index in [9.17, 15) is 4.79 Å². The summed E-state index contributed by atoms with van der Waals surface area (Å²) in [5.74, 6) is -0.233. The van der Waals surface area contributed by atoms with Crippen LogP contribution in [-0.2, 0) is 4.79 Å². The summed E-state index contributed by atoms with van der Waals surface area (Å²) in [5, 5.41) is 12.0. The fraction of sp³-hybridized carbons (Fsp3) is 0.429. The van der Waals surface area contributed by atoms with Crippen LogP contribution >= 0.6 is 0 Å². The number of hydrogen-bond donors (Lipinski definition) is 4. The first-order valence-electron chi connectivity index (χ1n) is 3.65. The molecule has 0 aromatic rings. The predicted molar refractivity (Wildman–Crippen MR) is 47.7 cm³/mol. The quantitative estimate of drug-likeness (QED) is 0.188. The van der Waals surface area contributed by atoms with Gasteiger partial charge in [0.1, 0.15) is 0 Å². The molecule has 0 unspecified atom stereocenters. The number of nitrogens with one attached hydrogen (secondary N) is 3. The Hall–Kier alpha value is -1.52. The van der Waals surface area contributed by atoms with Crippen LogP contribution in [0.5, 0.6) is 0 Å². The molecule has 0 fully saturated rings. The van der Waals surface area contributed by atoms with E-state index >= 15 is 0 Å². The SMILES string of the molecule is C=CC(=O)NCCCNC(=N)N. The van der Waals surface area contributed by atoms with Crippen molar-refractivity contribution in [2.45, 2.75) is 6.42 Å². The van der Waals surface area contributed by atoms with Crippen molar-refractivity contribution in [1.82, 2.24) is 10.6 Å². The van der Waals surface area contributed by atoms with E-state index in [1.165, 1.54) is 6.08 Å². The Morgan fingerprint density at radius 2 is 2.08 bits per heavy atom. The van der Waals surface area contributed by atoms with Gasteiger partial charge in [-0.2, -0.15) is 0 Å². The highest BCUT2D eigenvalue weighted by Crippen LogP contribution is 1.73. The minimum absolute atomic E-state index is 0.0509. The van der Waals surface area contributed by atoms with Gasteiger partial charge in [0.25, 0.3) is 0 Å². The number of carbonyl (C=O) groups excluding carboxylic acids is 1. The van der Waals surface area contributed by atoms with Crippen LogP contribution in [0.4, 0.5) is 0 Å². The van der Waals surface area contributed by atoms with Crippen LogP contribution in [0.3, 0.4) is 0 Å². The highest BCUT2D eigenvalue weighted by molar-refractivity contribution is 5.86. The van der Waals surface area contributed by atoms with Crippen molar-refractivity contribution in [3.63, 3.8) is 0 Å². The molecule has 0 aromatic heterocycles. The van der Waals surface area contributed by atoms with Gasteiger partial charge >= 0.3 is 0 Å². The number of guanidine groups is 1. The van der Waals surface area contributed by atoms with Gasteiger partial charge in [-0.15, -0.1) is 0 Å². The molecule has 5 nitrogen and oxygen atoms in total. The van der Waals surface area contributed by atoms with Gasteiger partial charge in [-0.3, -0.25) is 10.2 Å². The summed E-state index contributed by atoms with van der Waals surface area (Å²) in [5.41, 5.74) is 5.03. The van der Waals surface area contributed by atoms with Crippen molar-refractivity contribution >= 4 is 11.9 Å². The smallest absolute Gasteiger partial charge is 0.243 e. The molecule has 0 saturated carbocycles. The standard InChI is InChI=1S/C7H14N4O/c1-2-6(12)10-4-3-5-11-7(8)9/h2H,1,3-5H2,(H,10,12)(H4,8,9,11). The molecule has 0 heterocycles. The number of carbonyl (C=O) groups is 1. The van der Waals surface area contributed by atoms with E-state index in [2.05, 4.69) is 17.2 Å². The Morgan fingerprint density at radius 1 is 1.50 bits per heavy atom. The number of hydrogen-bond acceptors (Lipinski definition) is 2. The Labute approximate surface area is 71.5 Å². The minimum atomic E-state index is -0.183. The van der Waals surface area contributed by atoms with Crippen molar-refractivity contribution in [2.75, 3.05) is 13.1 Å². The predicted octanol–water partition coefficient (Wildman–Crippen LogP) is -0.838. The van der Waals surface area contributed by atoms with Gasteiger partial charge in [0.2, 0.25) is 5.91 Å². The van der Waals surface area contributed by atoms with Crippen LogP contribution in [0, 0.1) is 5.41 Å². The van der Waals surface area contributed by atoms with E-state index in [0.29, 0.717) is 13.1 Å². The van der Waals surface area contributed by atoms with E-state index in [1.54, 1.807) is 0 Å². The fourth-order valence-corrected chi connectivity index (χ4v) is 0.595. The fourth-order valence-electron chi connectivity index (χ4n) is 0.595. The summed E-state index contributed by atoms with van der Waals surface area (Å²) in [6, 6.07) is 0. The average molecular weight is 170 g/mol. The monoisotopic (exact) mass is 170 g/mol. The molecule has 0 atom stereocenters. The second kappa shape index (κ2) is 6.21. The second-order valence-electron chi connectivity index (χ2n) is 2.19. The highest BCUT2D eigenvalue weighted by Gasteiger charge is 1.92. The first-order chi connectivity index (χ1) is 5.66. The van der Waals surface area contributed by atoms with E-state index in [1.807, 2.05) is 0 Å². The summed E-state index contributed by atoms with van der Waals surface area (Å²) < 4.78 is 0. The summed E-state index contributed by atoms with van der Waals surface area (Å²) >= 11 is 0. The molecule has 68 valence electrons. The number of nitrogens with two attached hydrogens (primary N) is 1. The zero-order valence-electron chi connectivity index (χ0n) is 6.89. The van der Waals surface area contributed by atoms with E-state index in [4.69, 9.17) is 11.1 Å². The van der Waals surface area contributed by atoms with Gasteiger partial charge in [-0.25, -0.2) is 0 Å². The summed E-state index contributed by atoms with van der Waals surface area (Å²) in [7, 11) is 0. The molecule has 1 amide bonds. The third-order valence-corrected chi connectivity index (χ3v) is 1.15. The Kier molecular flexibility index (Phi) is 5.42. The van der Waals surface area contributed by atoms with E-state index < -0.39 is 0 Å². The van der Waals surface area contributed by atoms with Gasteiger partial charge in [0, 0.05) is 13.1 Å². The number of amides is 1. The zero-order chi connectivity index (χ0) is 9.40. The first kappa shape index (κ1) is 10.5. The Bertz CT molecular complexity index is 178. The zero-order valence-corrected chi connectivity index (χ0v) is 6.89. The lowest BCUT2D eigenvalue weighted by Crippen LogP contribution is -2.33. The van der Waals surface area contributed by atoms with Gasteiger partial charge in [-0.1, -0.05) is 6.58 Å². The molecular formula is C7H14N4O. The van der Waals surface area contributed by atoms with Crippen LogP contribution < -0.4 is 16.4 Å². The third-order valence-electron chi connectivity index (χ3n) is 1.15. The lowest BCUT2D eigenvalue weighted by atomic mass is 10.4. The number of rotatable bonds is 5. The van der Waals surface area contributed by atoms with Gasteiger partial charge < -0.3 is 16.4 Å². The highest BCUT2D eigenvalue weighted by atomic mass is 16.1. The summed E-state index contributed by atoms with van der Waals surface area (Å²) in [4.78, 5) is 10.6. The molecular weight excluding hydrogens is 156 g/mol. The maximum atomic E-state index is 10.6. The van der Waals surface area contributed by atoms with E-state index in [-0.39, 0.29) is 11.9 Å². The van der Waals surface area contributed by atoms with Gasteiger partial charge in [0.05, 0.1) is 0 Å². The van der Waals surface area contributed by atoms with Crippen molar-refractivity contribution in [1.29, 1.82) is 5.41 Å². The topological polar surface area (TPSA) is 91.0 Å². The largest absolute Gasteiger partial charge is 0.370 e. The van der Waals surface area contributed by atoms with Crippen molar-refractivity contribution in [3.8, 4) is 0 Å². The lowest BCUT2D eigenvalue weighted by molar-refractivity contribution is -0.116. The normalized spacial score (nSPS) is 8.67. The second-order valence-corrected chi connectivity index (χ2v) is 2.19. The molecule has 5 N–H and O–H groups in total. The van der Waals surface area contributed by atoms with Gasteiger partial charge in [-0.05, 0) is 12.5 Å². The van der Waals surface area contributed by atoms with Gasteiger partial charge in [0.15, 0.2) is 5.96 Å². The molecule has 0 aromatic carbocycles. The van der Waals surface area contributed by atoms with Crippen LogP contribution in [0.25, 0.3) is 0 Å². The molecule has 0 rings (SSSR count). The van der Waals surface area contributed by atoms with E-state index in [0.717, 1.165) is 6.42 Å². The summed E-state index contributed by atoms with van der Waals surface area (Å²) in [6.45, 7) is 4.46. The molecule has 0 bridgehead atoms. The molecule has 0 aliphatic rings. The maximum absolute atomic E-state index is 10.6. The van der Waals surface area contributed by atoms with Crippen molar-refractivity contribution in [3.05, 3.63) is 12.7 Å². The Balaban J connectivity index is 3.16. The van der Waals surface area contributed by atoms with Crippen LogP contribution in [-0.4, -0.2) is 25.0 Å². The van der Waals surface area contributed by atoms with Crippen molar-refractivity contribution < 1.29 is 4.79 Å². The molecule has 12 heavy (non-hydrogen) atoms. The minimum Gasteiger partial charge on any atom is -0.370 e. The lowest BCUT2D eigenvalue weighted by Gasteiger charge is -2.03. The maximum Gasteiger partial charge on any atom is 0.243 e. The third kappa shape index (κ3) is 6.60. The van der Waals surface area contributed by atoms with Crippen LogP contribution in [0.1, 0.15) is 6.42 Å². The summed E-state index contributed by atoms with van der Waals surface area (Å²) in [6.07, 6.45) is 1.96. The van der Waals surface area contributed by atoms with Crippen LogP contribution in [0.2, 0.25) is 0 Å². The molecule has 0 radical (unpaired) electrons. The average Bonchev–Trinajstić information content (AvgIpc) is 2.03. The van der Waals surface area contributed by atoms with Crippen LogP contribution in [0.15, 0.2) is 12.7 Å². The molecule has 5 heteroatoms. The molecule has 0 spiro atoms. The van der Waals surface area contributed by atoms with Crippen molar-refractivity contribution in [2.24, 2.45) is 5.73 Å². The molecule has 0 saturated heterocycles. The molecule has 0 aliphatic carbocycles. The molecule has 0 aliphatic heterocycles. The first-order valence-corrected chi connectivity index (χ1v) is 3.65. The Morgan fingerprint density at radius 3 is 2.58 bits per heavy atom.